The number of fused-ring (bicyclic) bond motifs is 2. The minimum absolute atomic E-state index is 0.182. The Morgan fingerprint density at radius 2 is 1.68 bits per heavy atom. The molecule has 2 unspecified atom stereocenters. The molecular weight excluding hydrogens is 362 g/mol. The van der Waals surface area contributed by atoms with Crippen molar-refractivity contribution in [1.29, 1.82) is 0 Å². The molecular formula is C21H19NO6. The number of carbonyl (C=O) groups is 1. The summed E-state index contributed by atoms with van der Waals surface area (Å²) in [6.45, 7) is 2.04. The van der Waals surface area contributed by atoms with Gasteiger partial charge in [0.25, 0.3) is 0 Å². The van der Waals surface area contributed by atoms with Crippen LogP contribution >= 0.6 is 0 Å². The van der Waals surface area contributed by atoms with Crippen LogP contribution in [0.5, 0.6) is 23.0 Å². The molecule has 144 valence electrons. The average molecular weight is 381 g/mol. The smallest absolute Gasteiger partial charge is 0.337 e. The summed E-state index contributed by atoms with van der Waals surface area (Å²) in [7, 11) is 3.20. The zero-order valence-electron chi connectivity index (χ0n) is 15.7. The highest BCUT2D eigenvalue weighted by atomic mass is 16.7. The van der Waals surface area contributed by atoms with E-state index >= 15 is 0 Å². The van der Waals surface area contributed by atoms with Gasteiger partial charge in [0.2, 0.25) is 6.79 Å². The maximum Gasteiger partial charge on any atom is 0.337 e. The molecule has 2 aromatic rings. The minimum atomic E-state index is -0.351. The SMILES string of the molecule is COc1cc(OC)cc(C2C3=C(Nc4cc5c(cc42)OCO5)C(C)OC3=O)c1. The lowest BCUT2D eigenvalue weighted by Gasteiger charge is -2.28. The minimum Gasteiger partial charge on any atom is -0.497 e. The van der Waals surface area contributed by atoms with Gasteiger partial charge in [0, 0.05) is 23.7 Å². The molecule has 2 atom stereocenters. The molecule has 0 amide bonds. The summed E-state index contributed by atoms with van der Waals surface area (Å²) in [6, 6.07) is 9.44. The summed E-state index contributed by atoms with van der Waals surface area (Å²) in [5.74, 6) is 1.96. The third-order valence-corrected chi connectivity index (χ3v) is 5.32. The van der Waals surface area contributed by atoms with Crippen molar-refractivity contribution in [2.45, 2.75) is 18.9 Å². The van der Waals surface area contributed by atoms with Crippen LogP contribution in [0.15, 0.2) is 41.6 Å². The van der Waals surface area contributed by atoms with Crippen LogP contribution in [0.1, 0.15) is 24.0 Å². The van der Waals surface area contributed by atoms with E-state index in [0.717, 1.165) is 22.5 Å². The molecule has 5 rings (SSSR count). The van der Waals surface area contributed by atoms with E-state index in [4.69, 9.17) is 23.7 Å². The molecule has 3 aliphatic rings. The van der Waals surface area contributed by atoms with Crippen molar-refractivity contribution in [1.82, 2.24) is 0 Å². The second kappa shape index (κ2) is 6.09. The van der Waals surface area contributed by atoms with Crippen molar-refractivity contribution < 1.29 is 28.5 Å². The zero-order chi connectivity index (χ0) is 19.4. The molecule has 0 saturated heterocycles. The molecule has 0 saturated carbocycles. The van der Waals surface area contributed by atoms with E-state index in [1.807, 2.05) is 31.2 Å². The number of nitrogens with one attached hydrogen (secondary N) is 1. The lowest BCUT2D eigenvalue weighted by molar-refractivity contribution is -0.139. The second-order valence-electron chi connectivity index (χ2n) is 6.87. The molecule has 7 nitrogen and oxygen atoms in total. The number of anilines is 1. The number of cyclic esters (lactones) is 1. The van der Waals surface area contributed by atoms with Crippen LogP contribution in [-0.4, -0.2) is 33.1 Å². The van der Waals surface area contributed by atoms with Crippen molar-refractivity contribution in [2.24, 2.45) is 0 Å². The Kier molecular flexibility index (Phi) is 3.65. The Morgan fingerprint density at radius 3 is 2.36 bits per heavy atom. The second-order valence-corrected chi connectivity index (χ2v) is 6.87. The summed E-state index contributed by atoms with van der Waals surface area (Å²) in [6.07, 6.45) is -0.351. The third-order valence-electron chi connectivity index (χ3n) is 5.32. The monoisotopic (exact) mass is 381 g/mol. The number of methoxy groups -OCH3 is 2. The molecule has 0 spiro atoms. The molecule has 3 aliphatic heterocycles. The standard InChI is InChI=1S/C21H19NO6/c1-10-20-19(21(23)28-10)18(11-4-12(24-2)6-13(5-11)25-3)14-7-16-17(27-9-26-16)8-15(14)22-20/h4-8,10,18,22H,9H2,1-3H3. The van der Waals surface area contributed by atoms with Gasteiger partial charge in [-0.05, 0) is 36.2 Å². The Balaban J connectivity index is 1.75. The maximum atomic E-state index is 12.7. The predicted molar refractivity (Wildman–Crippen MR) is 100 cm³/mol. The summed E-state index contributed by atoms with van der Waals surface area (Å²) < 4.78 is 27.5. The molecule has 0 fully saturated rings. The van der Waals surface area contributed by atoms with Crippen LogP contribution < -0.4 is 24.3 Å². The molecule has 2 aromatic carbocycles. The number of hydrogen-bond donors (Lipinski definition) is 1. The predicted octanol–water partition coefficient (Wildman–Crippen LogP) is 3.19. The quantitative estimate of drug-likeness (QED) is 0.819. The Labute approximate surface area is 161 Å². The highest BCUT2D eigenvalue weighted by Gasteiger charge is 2.42. The average Bonchev–Trinajstić information content (AvgIpc) is 3.27. The van der Waals surface area contributed by atoms with Gasteiger partial charge in [-0.25, -0.2) is 4.79 Å². The van der Waals surface area contributed by atoms with Crippen LogP contribution in [0.2, 0.25) is 0 Å². The molecule has 1 N–H and O–H groups in total. The molecule has 0 radical (unpaired) electrons. The van der Waals surface area contributed by atoms with Crippen molar-refractivity contribution in [3.63, 3.8) is 0 Å². The van der Waals surface area contributed by atoms with Crippen LogP contribution in [0, 0.1) is 0 Å². The molecule has 7 heteroatoms. The number of carbonyl (C=O) groups excluding carboxylic acids is 1. The Bertz CT molecular complexity index is 1010. The third kappa shape index (κ3) is 2.39. The number of ether oxygens (including phenoxy) is 5. The summed E-state index contributed by atoms with van der Waals surface area (Å²) in [5.41, 5.74) is 4.00. The van der Waals surface area contributed by atoms with Gasteiger partial charge >= 0.3 is 5.97 Å². The van der Waals surface area contributed by atoms with Crippen molar-refractivity contribution in [2.75, 3.05) is 26.3 Å². The van der Waals surface area contributed by atoms with E-state index in [1.54, 1.807) is 20.3 Å². The van der Waals surface area contributed by atoms with E-state index in [2.05, 4.69) is 5.32 Å². The van der Waals surface area contributed by atoms with E-state index in [0.29, 0.717) is 28.6 Å². The van der Waals surface area contributed by atoms with Crippen LogP contribution in [0.25, 0.3) is 0 Å². The lowest BCUT2D eigenvalue weighted by atomic mass is 9.80. The fraction of sp³-hybridized carbons (Fsp3) is 0.286. The molecule has 0 bridgehead atoms. The fourth-order valence-electron chi connectivity index (χ4n) is 4.00. The summed E-state index contributed by atoms with van der Waals surface area (Å²) in [4.78, 5) is 12.7. The first-order chi connectivity index (χ1) is 13.6. The molecule has 0 aromatic heterocycles. The molecule has 28 heavy (non-hydrogen) atoms. The fourth-order valence-corrected chi connectivity index (χ4v) is 4.00. The van der Waals surface area contributed by atoms with Gasteiger partial charge < -0.3 is 29.0 Å². The largest absolute Gasteiger partial charge is 0.497 e. The molecule has 0 aliphatic carbocycles. The first kappa shape index (κ1) is 16.8. The van der Waals surface area contributed by atoms with Gasteiger partial charge in [0.1, 0.15) is 17.6 Å². The van der Waals surface area contributed by atoms with Gasteiger partial charge in [0.05, 0.1) is 25.5 Å². The van der Waals surface area contributed by atoms with Gasteiger partial charge in [-0.1, -0.05) is 0 Å². The van der Waals surface area contributed by atoms with Crippen molar-refractivity contribution >= 4 is 11.7 Å². The van der Waals surface area contributed by atoms with Crippen molar-refractivity contribution in [3.05, 3.63) is 52.7 Å². The number of hydrogen-bond acceptors (Lipinski definition) is 7. The van der Waals surface area contributed by atoms with Crippen molar-refractivity contribution in [3.8, 4) is 23.0 Å². The normalized spacial score (nSPS) is 21.6. The van der Waals surface area contributed by atoms with E-state index in [-0.39, 0.29) is 24.8 Å². The van der Waals surface area contributed by atoms with Crippen LogP contribution in [0.3, 0.4) is 0 Å². The summed E-state index contributed by atoms with van der Waals surface area (Å²) >= 11 is 0. The number of benzene rings is 2. The Hall–Kier alpha value is -3.35. The number of esters is 1. The van der Waals surface area contributed by atoms with Gasteiger partial charge in [-0.2, -0.15) is 0 Å². The first-order valence-electron chi connectivity index (χ1n) is 8.97. The highest BCUT2D eigenvalue weighted by molar-refractivity contribution is 5.98. The molecule has 3 heterocycles. The highest BCUT2D eigenvalue weighted by Crippen LogP contribution is 2.50. The van der Waals surface area contributed by atoms with E-state index in [1.165, 1.54) is 0 Å². The van der Waals surface area contributed by atoms with Crippen LogP contribution in [0.4, 0.5) is 5.69 Å². The lowest BCUT2D eigenvalue weighted by Crippen LogP contribution is -2.21. The number of rotatable bonds is 3. The van der Waals surface area contributed by atoms with Crippen LogP contribution in [-0.2, 0) is 9.53 Å². The van der Waals surface area contributed by atoms with E-state index in [9.17, 15) is 4.79 Å². The van der Waals surface area contributed by atoms with Gasteiger partial charge in [0.15, 0.2) is 11.5 Å². The zero-order valence-corrected chi connectivity index (χ0v) is 15.7. The first-order valence-corrected chi connectivity index (χ1v) is 8.97. The Morgan fingerprint density at radius 1 is 1.00 bits per heavy atom. The maximum absolute atomic E-state index is 12.7. The van der Waals surface area contributed by atoms with Gasteiger partial charge in [-0.3, -0.25) is 0 Å². The summed E-state index contributed by atoms with van der Waals surface area (Å²) in [5, 5.41) is 3.36. The van der Waals surface area contributed by atoms with Gasteiger partial charge in [-0.15, -0.1) is 0 Å². The van der Waals surface area contributed by atoms with E-state index < -0.39 is 0 Å². The topological polar surface area (TPSA) is 75.2 Å².